The van der Waals surface area contributed by atoms with Crippen LogP contribution in [-0.2, 0) is 14.3 Å². The number of carbonyl (C=O) groups is 1. The summed E-state index contributed by atoms with van der Waals surface area (Å²) in [7, 11) is 4.01. The molecule has 1 amide bonds. The fourth-order valence-corrected chi connectivity index (χ4v) is 3.94. The molecule has 2 saturated heterocycles. The van der Waals surface area contributed by atoms with E-state index in [2.05, 4.69) is 53.5 Å². The third kappa shape index (κ3) is 4.73. The Bertz CT molecular complexity index is 574. The zero-order valence-electron chi connectivity index (χ0n) is 20.3. The minimum atomic E-state index is -0.715. The molecule has 2 aliphatic heterocycles. The molecule has 0 aliphatic carbocycles. The Labute approximate surface area is 175 Å². The normalized spacial score (nSPS) is 29.2. The van der Waals surface area contributed by atoms with Crippen LogP contribution in [0.4, 0.5) is 0 Å². The van der Waals surface area contributed by atoms with E-state index in [9.17, 15) is 4.79 Å². The van der Waals surface area contributed by atoms with Gasteiger partial charge >= 0.3 is 0 Å². The van der Waals surface area contributed by atoms with Crippen LogP contribution in [0.3, 0.4) is 0 Å². The number of ether oxygens (including phenoxy) is 2. The maximum absolute atomic E-state index is 12.0. The van der Waals surface area contributed by atoms with Crippen LogP contribution in [0.15, 0.2) is 0 Å². The van der Waals surface area contributed by atoms with Crippen molar-refractivity contribution in [2.45, 2.75) is 124 Å². The molecule has 0 aromatic heterocycles. The lowest BCUT2D eigenvalue weighted by Gasteiger charge is -2.57. The van der Waals surface area contributed by atoms with Gasteiger partial charge in [-0.1, -0.05) is 7.43 Å². The number of rotatable bonds is 0. The summed E-state index contributed by atoms with van der Waals surface area (Å²) in [6, 6.07) is 0. The standard InChI is InChI=1S/C11H21NO2.C11H23NO.CH4/c1-9(2)8(13)12(7)10(3,4)11(5,6)14-9;1-9(2)8-12(7)10(3,4)11(5,6)13-9;/h1-7H3;8H2,1-7H3;1H4. The highest BCUT2D eigenvalue weighted by molar-refractivity contribution is 5.86. The van der Waals surface area contributed by atoms with E-state index in [0.717, 1.165) is 6.54 Å². The minimum Gasteiger partial charge on any atom is -0.366 e. The van der Waals surface area contributed by atoms with Crippen LogP contribution < -0.4 is 0 Å². The molecule has 2 aliphatic rings. The van der Waals surface area contributed by atoms with E-state index in [1.165, 1.54) is 0 Å². The van der Waals surface area contributed by atoms with Crippen molar-refractivity contribution >= 4 is 5.91 Å². The lowest BCUT2D eigenvalue weighted by Crippen LogP contribution is -2.70. The number of amides is 1. The van der Waals surface area contributed by atoms with Crippen molar-refractivity contribution in [3.63, 3.8) is 0 Å². The lowest BCUT2D eigenvalue weighted by molar-refractivity contribution is -0.232. The number of hydrogen-bond donors (Lipinski definition) is 0. The van der Waals surface area contributed by atoms with Gasteiger partial charge in [-0.3, -0.25) is 9.69 Å². The van der Waals surface area contributed by atoms with Crippen LogP contribution in [-0.4, -0.2) is 69.8 Å². The molecule has 0 aromatic carbocycles. The summed E-state index contributed by atoms with van der Waals surface area (Å²) in [5, 5.41) is 0. The zero-order valence-corrected chi connectivity index (χ0v) is 20.3. The van der Waals surface area contributed by atoms with Gasteiger partial charge in [0, 0.05) is 19.1 Å². The molecule has 0 radical (unpaired) electrons. The third-order valence-corrected chi connectivity index (χ3v) is 7.22. The zero-order chi connectivity index (χ0) is 21.9. The molecule has 2 fully saturated rings. The molecular weight excluding hydrogens is 352 g/mol. The van der Waals surface area contributed by atoms with Crippen molar-refractivity contribution < 1.29 is 14.3 Å². The van der Waals surface area contributed by atoms with Crippen molar-refractivity contribution in [3.8, 4) is 0 Å². The highest BCUT2D eigenvalue weighted by Crippen LogP contribution is 2.40. The average molecular weight is 401 g/mol. The average Bonchev–Trinajstić information content (AvgIpc) is 2.40. The van der Waals surface area contributed by atoms with Gasteiger partial charge in [-0.15, -0.1) is 0 Å². The summed E-state index contributed by atoms with van der Waals surface area (Å²) in [5.74, 6) is 0.0434. The van der Waals surface area contributed by atoms with Gasteiger partial charge in [-0.05, 0) is 90.1 Å². The molecule has 2 heterocycles. The van der Waals surface area contributed by atoms with E-state index >= 15 is 0 Å². The first kappa shape index (κ1) is 27.4. The third-order valence-electron chi connectivity index (χ3n) is 7.22. The molecule has 28 heavy (non-hydrogen) atoms. The Morgan fingerprint density at radius 2 is 1.11 bits per heavy atom. The fraction of sp³-hybridized carbons (Fsp3) is 0.957. The Morgan fingerprint density at radius 3 is 1.50 bits per heavy atom. The predicted octanol–water partition coefficient (Wildman–Crippen LogP) is 4.73. The maximum Gasteiger partial charge on any atom is 0.254 e. The van der Waals surface area contributed by atoms with Crippen LogP contribution >= 0.6 is 0 Å². The monoisotopic (exact) mass is 400 g/mol. The smallest absolute Gasteiger partial charge is 0.254 e. The molecule has 0 unspecified atom stereocenters. The van der Waals surface area contributed by atoms with Crippen molar-refractivity contribution in [1.29, 1.82) is 0 Å². The first-order valence-electron chi connectivity index (χ1n) is 10.0. The summed E-state index contributed by atoms with van der Waals surface area (Å²) in [6.07, 6.45) is 0. The molecule has 0 saturated carbocycles. The van der Waals surface area contributed by atoms with Crippen LogP contribution in [0, 0.1) is 0 Å². The minimum absolute atomic E-state index is 0. The van der Waals surface area contributed by atoms with Crippen LogP contribution in [0.5, 0.6) is 0 Å². The van der Waals surface area contributed by atoms with E-state index in [0.29, 0.717) is 0 Å². The van der Waals surface area contributed by atoms with E-state index in [4.69, 9.17) is 9.47 Å². The predicted molar refractivity (Wildman–Crippen MR) is 119 cm³/mol. The van der Waals surface area contributed by atoms with Crippen molar-refractivity contribution in [1.82, 2.24) is 9.80 Å². The van der Waals surface area contributed by atoms with Gasteiger partial charge in [-0.25, -0.2) is 0 Å². The second kappa shape index (κ2) is 7.55. The van der Waals surface area contributed by atoms with Crippen LogP contribution in [0.25, 0.3) is 0 Å². The SMILES string of the molecule is C.CN1C(=O)C(C)(C)OC(C)(C)C1(C)C.CN1CC(C)(C)OC(C)(C)C1(C)C. The molecule has 5 nitrogen and oxygen atoms in total. The largest absolute Gasteiger partial charge is 0.366 e. The molecular formula is C23H48N2O3. The number of hydrogen-bond acceptors (Lipinski definition) is 4. The molecule has 0 atom stereocenters. The van der Waals surface area contributed by atoms with Crippen molar-refractivity contribution in [2.75, 3.05) is 20.6 Å². The summed E-state index contributed by atoms with van der Waals surface area (Å²) in [4.78, 5) is 16.1. The van der Waals surface area contributed by atoms with Crippen molar-refractivity contribution in [2.24, 2.45) is 0 Å². The van der Waals surface area contributed by atoms with E-state index in [-0.39, 0.29) is 41.2 Å². The van der Waals surface area contributed by atoms with Gasteiger partial charge in [0.15, 0.2) is 0 Å². The first-order chi connectivity index (χ1) is 11.6. The quantitative estimate of drug-likeness (QED) is 0.589. The molecule has 168 valence electrons. The Kier molecular flexibility index (Phi) is 7.38. The number of nitrogens with zero attached hydrogens (tertiary/aromatic N) is 2. The highest BCUT2D eigenvalue weighted by atomic mass is 16.5. The Morgan fingerprint density at radius 1 is 0.714 bits per heavy atom. The summed E-state index contributed by atoms with van der Waals surface area (Å²) in [5.41, 5.74) is -1.35. The lowest BCUT2D eigenvalue weighted by atomic mass is 9.80. The van der Waals surface area contributed by atoms with Gasteiger partial charge in [-0.2, -0.15) is 0 Å². The van der Waals surface area contributed by atoms with Crippen molar-refractivity contribution in [3.05, 3.63) is 0 Å². The summed E-state index contributed by atoms with van der Waals surface area (Å²) >= 11 is 0. The first-order valence-corrected chi connectivity index (χ1v) is 10.0. The highest BCUT2D eigenvalue weighted by Gasteiger charge is 2.54. The van der Waals surface area contributed by atoms with E-state index < -0.39 is 5.60 Å². The summed E-state index contributed by atoms with van der Waals surface area (Å²) in [6.45, 7) is 25.9. The number of likely N-dealkylation sites (N-methyl/N-ethyl adjacent to an activating group) is 2. The van der Waals surface area contributed by atoms with Gasteiger partial charge in [0.2, 0.25) is 0 Å². The van der Waals surface area contributed by atoms with Gasteiger partial charge in [0.05, 0.1) is 22.3 Å². The second-order valence-electron chi connectivity index (χ2n) is 11.3. The van der Waals surface area contributed by atoms with Crippen LogP contribution in [0.1, 0.15) is 90.5 Å². The maximum atomic E-state index is 12.0. The molecule has 2 rings (SSSR count). The molecule has 0 spiro atoms. The number of carbonyl (C=O) groups excluding carboxylic acids is 1. The second-order valence-corrected chi connectivity index (χ2v) is 11.3. The fourth-order valence-electron chi connectivity index (χ4n) is 3.94. The molecule has 0 aromatic rings. The topological polar surface area (TPSA) is 42.0 Å². The van der Waals surface area contributed by atoms with Gasteiger partial charge in [0.25, 0.3) is 5.91 Å². The van der Waals surface area contributed by atoms with Gasteiger partial charge in [0.1, 0.15) is 5.60 Å². The Hall–Kier alpha value is -0.650. The molecule has 0 bridgehead atoms. The Balaban J connectivity index is 0.000000504. The molecule has 5 heteroatoms. The summed E-state index contributed by atoms with van der Waals surface area (Å²) < 4.78 is 12.0. The molecule has 0 N–H and O–H groups in total. The number of morpholine rings is 2. The van der Waals surface area contributed by atoms with Crippen LogP contribution in [0.2, 0.25) is 0 Å². The van der Waals surface area contributed by atoms with Gasteiger partial charge < -0.3 is 14.4 Å². The van der Waals surface area contributed by atoms with E-state index in [1.54, 1.807) is 4.90 Å². The van der Waals surface area contributed by atoms with E-state index in [1.807, 2.05) is 48.6 Å².